The first-order chi connectivity index (χ1) is 15.0. The molecule has 32 heavy (non-hydrogen) atoms. The van der Waals surface area contributed by atoms with Gasteiger partial charge in [-0.2, -0.15) is 0 Å². The van der Waals surface area contributed by atoms with Crippen LogP contribution in [0.4, 0.5) is 0 Å². The summed E-state index contributed by atoms with van der Waals surface area (Å²) in [6, 6.07) is 8.47. The van der Waals surface area contributed by atoms with Crippen LogP contribution in [0.1, 0.15) is 59.8 Å². The highest BCUT2D eigenvalue weighted by atomic mass is 16.7. The second-order valence-corrected chi connectivity index (χ2v) is 8.87. The Kier molecular flexibility index (Phi) is 7.10. The number of aromatic nitrogens is 2. The molecule has 1 aliphatic heterocycles. The smallest absolute Gasteiger partial charge is 0.322 e. The highest BCUT2D eigenvalue weighted by molar-refractivity contribution is 5.96. The number of carboxylic acid groups (broad SMARTS) is 1. The number of aliphatic carboxylic acids is 1. The van der Waals surface area contributed by atoms with Gasteiger partial charge in [0.1, 0.15) is 12.4 Å². The number of rotatable bonds is 6. The number of hydrogen-bond acceptors (Lipinski definition) is 7. The molecular formula is C23H29N3O6. The van der Waals surface area contributed by atoms with Crippen LogP contribution in [0, 0.1) is 6.92 Å². The normalized spacial score (nSPS) is 18.9. The molecule has 0 unspecified atom stereocenters. The minimum Gasteiger partial charge on any atom is -0.504 e. The fourth-order valence-electron chi connectivity index (χ4n) is 3.37. The van der Waals surface area contributed by atoms with E-state index in [1.165, 1.54) is 12.5 Å². The molecule has 9 nitrogen and oxygen atoms in total. The zero-order valence-electron chi connectivity index (χ0n) is 18.7. The largest absolute Gasteiger partial charge is 0.504 e. The molecule has 1 aliphatic rings. The maximum Gasteiger partial charge on any atom is 0.322 e. The van der Waals surface area contributed by atoms with E-state index in [2.05, 4.69) is 60.3 Å². The van der Waals surface area contributed by atoms with Crippen LogP contribution < -0.4 is 5.32 Å². The molecule has 1 aromatic carbocycles. The van der Waals surface area contributed by atoms with Crippen LogP contribution in [0.15, 0.2) is 24.3 Å². The Morgan fingerprint density at radius 2 is 1.75 bits per heavy atom. The van der Waals surface area contributed by atoms with E-state index < -0.39 is 24.7 Å². The molecule has 0 bridgehead atoms. The van der Waals surface area contributed by atoms with Crippen LogP contribution >= 0.6 is 0 Å². The molecule has 3 N–H and O–H groups in total. The third-order valence-electron chi connectivity index (χ3n) is 5.28. The molecule has 1 amide bonds. The van der Waals surface area contributed by atoms with E-state index in [1.807, 2.05) is 0 Å². The number of benzene rings is 1. The van der Waals surface area contributed by atoms with Crippen LogP contribution in [0.2, 0.25) is 0 Å². The fraction of sp³-hybridized carbons (Fsp3) is 0.478. The molecule has 0 atom stereocenters. The third kappa shape index (κ3) is 5.80. The predicted octanol–water partition coefficient (Wildman–Crippen LogP) is 2.30. The maximum absolute atomic E-state index is 12.2. The molecule has 2 aromatic rings. The number of nitrogens with zero attached hydrogens (tertiary/aromatic N) is 2. The van der Waals surface area contributed by atoms with Gasteiger partial charge in [-0.1, -0.05) is 45.0 Å². The summed E-state index contributed by atoms with van der Waals surface area (Å²) >= 11 is 0. The topological polar surface area (TPSA) is 131 Å². The average Bonchev–Trinajstić information content (AvgIpc) is 2.74. The lowest BCUT2D eigenvalue weighted by molar-refractivity contribution is -0.186. The van der Waals surface area contributed by atoms with Crippen LogP contribution in [0.3, 0.4) is 0 Å². The lowest BCUT2D eigenvalue weighted by Crippen LogP contribution is -2.33. The molecule has 3 rings (SSSR count). The molecule has 1 fully saturated rings. The van der Waals surface area contributed by atoms with Crippen molar-refractivity contribution in [3.8, 4) is 5.75 Å². The second kappa shape index (κ2) is 9.62. The van der Waals surface area contributed by atoms with Gasteiger partial charge < -0.3 is 25.0 Å². The molecule has 0 spiro atoms. The van der Waals surface area contributed by atoms with Crippen molar-refractivity contribution < 1.29 is 29.3 Å². The predicted molar refractivity (Wildman–Crippen MR) is 116 cm³/mol. The number of amides is 1. The van der Waals surface area contributed by atoms with Crippen LogP contribution in [-0.4, -0.2) is 58.1 Å². The van der Waals surface area contributed by atoms with Crippen LogP contribution in [0.25, 0.3) is 0 Å². The first kappa shape index (κ1) is 23.6. The first-order valence-corrected chi connectivity index (χ1v) is 10.4. The van der Waals surface area contributed by atoms with E-state index >= 15 is 0 Å². The lowest BCUT2D eigenvalue weighted by Gasteiger charge is -2.30. The van der Waals surface area contributed by atoms with Gasteiger partial charge in [0.2, 0.25) is 0 Å². The van der Waals surface area contributed by atoms with Crippen molar-refractivity contribution in [3.05, 3.63) is 52.6 Å². The van der Waals surface area contributed by atoms with Gasteiger partial charge in [-0.05, 0) is 23.5 Å². The van der Waals surface area contributed by atoms with Gasteiger partial charge in [-0.3, -0.25) is 9.59 Å². The van der Waals surface area contributed by atoms with Gasteiger partial charge >= 0.3 is 5.97 Å². The van der Waals surface area contributed by atoms with Gasteiger partial charge in [0.25, 0.3) is 5.91 Å². The number of carbonyl (C=O) groups is 2. The lowest BCUT2D eigenvalue weighted by atomic mass is 9.85. The van der Waals surface area contributed by atoms with E-state index in [1.54, 1.807) is 0 Å². The first-order valence-electron chi connectivity index (χ1n) is 10.4. The second-order valence-electron chi connectivity index (χ2n) is 8.87. The Balaban J connectivity index is 1.62. The van der Waals surface area contributed by atoms with Crippen molar-refractivity contribution >= 4 is 11.9 Å². The van der Waals surface area contributed by atoms with Crippen molar-refractivity contribution in [1.82, 2.24) is 15.3 Å². The minimum atomic E-state index is -1.20. The van der Waals surface area contributed by atoms with Crippen LogP contribution in [0.5, 0.6) is 5.75 Å². The van der Waals surface area contributed by atoms with E-state index in [0.29, 0.717) is 13.2 Å². The standard InChI is InChI=1S/C23H29N3O6/c1-13-21(29)20(22(30)24-10-18(27)28)26-17(25-13)9-19-31-11-15(12-32-19)14-5-7-16(8-6-14)23(2,3)4/h5-8,15,19,29H,9-12H2,1-4H3,(H,24,30)(H,27,28). The maximum atomic E-state index is 12.2. The molecule has 1 aromatic heterocycles. The fourth-order valence-corrected chi connectivity index (χ4v) is 3.37. The summed E-state index contributed by atoms with van der Waals surface area (Å²) in [7, 11) is 0. The number of carboxylic acids is 1. The van der Waals surface area contributed by atoms with Gasteiger partial charge in [-0.25, -0.2) is 9.97 Å². The van der Waals surface area contributed by atoms with Gasteiger partial charge in [-0.15, -0.1) is 0 Å². The number of ether oxygens (including phenoxy) is 2. The van der Waals surface area contributed by atoms with Gasteiger partial charge in [0.15, 0.2) is 17.7 Å². The number of nitrogens with one attached hydrogen (secondary N) is 1. The zero-order chi connectivity index (χ0) is 23.5. The SMILES string of the molecule is Cc1nc(CC2OCC(c3ccc(C(C)(C)C)cc3)CO2)nc(C(=O)NCC(=O)O)c1O. The minimum absolute atomic E-state index is 0.0921. The van der Waals surface area contributed by atoms with Gasteiger partial charge in [0, 0.05) is 5.92 Å². The molecule has 172 valence electrons. The van der Waals surface area contributed by atoms with Crippen LogP contribution in [-0.2, 0) is 26.1 Å². The molecule has 0 aliphatic carbocycles. The number of hydrogen-bond donors (Lipinski definition) is 3. The highest BCUT2D eigenvalue weighted by Crippen LogP contribution is 2.28. The summed E-state index contributed by atoms with van der Waals surface area (Å²) < 4.78 is 11.7. The molecule has 0 saturated carbocycles. The summed E-state index contributed by atoms with van der Waals surface area (Å²) in [5.41, 5.74) is 2.43. The van der Waals surface area contributed by atoms with Crippen molar-refractivity contribution in [1.29, 1.82) is 0 Å². The summed E-state index contributed by atoms with van der Waals surface area (Å²) in [5.74, 6) is -2.00. The van der Waals surface area contributed by atoms with Crippen molar-refractivity contribution in [2.75, 3.05) is 19.8 Å². The van der Waals surface area contributed by atoms with E-state index in [0.717, 1.165) is 5.56 Å². The Hall–Kier alpha value is -3.04. The number of aromatic hydroxyl groups is 1. The number of carbonyl (C=O) groups excluding carboxylic acids is 1. The molecule has 9 heteroatoms. The summed E-state index contributed by atoms with van der Waals surface area (Å²) in [6.07, 6.45) is -0.394. The van der Waals surface area contributed by atoms with Crippen molar-refractivity contribution in [2.45, 2.75) is 51.7 Å². The highest BCUT2D eigenvalue weighted by Gasteiger charge is 2.26. The van der Waals surface area contributed by atoms with E-state index in [-0.39, 0.29) is 40.7 Å². The molecule has 0 radical (unpaired) electrons. The number of aryl methyl sites for hydroxylation is 1. The quantitative estimate of drug-likeness (QED) is 0.620. The Labute approximate surface area is 186 Å². The van der Waals surface area contributed by atoms with E-state index in [4.69, 9.17) is 14.6 Å². The summed E-state index contributed by atoms with van der Waals surface area (Å²) in [4.78, 5) is 31.1. The molecule has 1 saturated heterocycles. The molecule has 2 heterocycles. The average molecular weight is 444 g/mol. The third-order valence-corrected chi connectivity index (χ3v) is 5.28. The van der Waals surface area contributed by atoms with Crippen molar-refractivity contribution in [3.63, 3.8) is 0 Å². The zero-order valence-corrected chi connectivity index (χ0v) is 18.7. The Bertz CT molecular complexity index is 976. The monoisotopic (exact) mass is 443 g/mol. The van der Waals surface area contributed by atoms with E-state index in [9.17, 15) is 14.7 Å². The molecular weight excluding hydrogens is 414 g/mol. The Morgan fingerprint density at radius 3 is 2.31 bits per heavy atom. The van der Waals surface area contributed by atoms with Crippen molar-refractivity contribution in [2.24, 2.45) is 0 Å². The Morgan fingerprint density at radius 1 is 1.12 bits per heavy atom. The summed E-state index contributed by atoms with van der Waals surface area (Å²) in [5, 5.41) is 21.0. The van der Waals surface area contributed by atoms with Gasteiger partial charge in [0.05, 0.1) is 25.3 Å². The summed E-state index contributed by atoms with van der Waals surface area (Å²) in [6.45, 7) is 8.43.